The van der Waals surface area contributed by atoms with Gasteiger partial charge in [-0.1, -0.05) is 59.4 Å². The van der Waals surface area contributed by atoms with E-state index in [1.165, 1.54) is 11.8 Å². The summed E-state index contributed by atoms with van der Waals surface area (Å²) >= 11 is 1.29. The number of hydrogen-bond donors (Lipinski definition) is 1. The number of carbonyl (C=O) groups is 1. The van der Waals surface area contributed by atoms with Gasteiger partial charge in [0.2, 0.25) is 17.6 Å². The molecule has 0 bridgehead atoms. The molecule has 4 rings (SSSR count). The van der Waals surface area contributed by atoms with E-state index < -0.39 is 0 Å². The van der Waals surface area contributed by atoms with Crippen LogP contribution in [0.5, 0.6) is 0 Å². The van der Waals surface area contributed by atoms with Crippen molar-refractivity contribution in [1.82, 2.24) is 24.9 Å². The zero-order valence-electron chi connectivity index (χ0n) is 16.8. The highest BCUT2D eigenvalue weighted by atomic mass is 32.2. The molecule has 0 radical (unpaired) electrons. The molecule has 2 heterocycles. The van der Waals surface area contributed by atoms with Gasteiger partial charge in [0, 0.05) is 18.3 Å². The number of amides is 1. The lowest BCUT2D eigenvalue weighted by molar-refractivity contribution is -0.113. The van der Waals surface area contributed by atoms with Crippen molar-refractivity contribution in [1.29, 1.82) is 0 Å². The molecule has 2 aromatic carbocycles. The number of anilines is 1. The van der Waals surface area contributed by atoms with Crippen LogP contribution < -0.4 is 5.32 Å². The summed E-state index contributed by atoms with van der Waals surface area (Å²) in [6, 6.07) is 15.5. The normalized spacial score (nSPS) is 10.9. The van der Waals surface area contributed by atoms with E-state index in [2.05, 4.69) is 25.7 Å². The minimum atomic E-state index is -0.109. The van der Waals surface area contributed by atoms with Gasteiger partial charge in [0.1, 0.15) is 0 Å². The Hall–Kier alpha value is -3.46. The summed E-state index contributed by atoms with van der Waals surface area (Å²) in [4.78, 5) is 16.8. The van der Waals surface area contributed by atoms with Gasteiger partial charge in [0.05, 0.1) is 5.75 Å². The Kier molecular flexibility index (Phi) is 5.62. The summed E-state index contributed by atoms with van der Waals surface area (Å²) in [5, 5.41) is 15.8. The van der Waals surface area contributed by atoms with E-state index in [0.29, 0.717) is 16.8 Å². The van der Waals surface area contributed by atoms with Crippen LogP contribution in [-0.4, -0.2) is 36.6 Å². The molecule has 0 unspecified atom stereocenters. The summed E-state index contributed by atoms with van der Waals surface area (Å²) < 4.78 is 7.09. The number of thioether (sulfide) groups is 1. The predicted molar refractivity (Wildman–Crippen MR) is 115 cm³/mol. The number of nitrogens with one attached hydrogen (secondary N) is 1. The Balaban J connectivity index is 1.43. The molecular weight excluding hydrogens is 400 g/mol. The van der Waals surface area contributed by atoms with Gasteiger partial charge in [-0.2, -0.15) is 4.98 Å². The molecule has 0 aliphatic rings. The monoisotopic (exact) mass is 420 g/mol. The van der Waals surface area contributed by atoms with E-state index in [0.717, 1.165) is 22.4 Å². The Bertz CT molecular complexity index is 1190. The molecule has 0 aliphatic heterocycles. The highest BCUT2D eigenvalue weighted by Crippen LogP contribution is 2.24. The Morgan fingerprint density at radius 2 is 1.93 bits per heavy atom. The molecule has 9 heteroatoms. The quantitative estimate of drug-likeness (QED) is 0.473. The maximum absolute atomic E-state index is 12.4. The van der Waals surface area contributed by atoms with E-state index in [9.17, 15) is 4.79 Å². The van der Waals surface area contributed by atoms with E-state index in [4.69, 9.17) is 4.52 Å². The molecule has 0 spiro atoms. The Labute approximate surface area is 177 Å². The summed E-state index contributed by atoms with van der Waals surface area (Å²) in [7, 11) is 1.80. The molecule has 8 nitrogen and oxygen atoms in total. The summed E-state index contributed by atoms with van der Waals surface area (Å²) in [5.74, 6) is 1.30. The van der Waals surface area contributed by atoms with Crippen molar-refractivity contribution in [2.24, 2.45) is 7.05 Å². The molecule has 0 saturated heterocycles. The van der Waals surface area contributed by atoms with Crippen LogP contribution in [0.1, 0.15) is 11.1 Å². The van der Waals surface area contributed by atoms with Crippen LogP contribution >= 0.6 is 11.8 Å². The van der Waals surface area contributed by atoms with Crippen LogP contribution in [0.3, 0.4) is 0 Å². The molecule has 1 amide bonds. The number of carbonyl (C=O) groups excluding carboxylic acids is 1. The predicted octanol–water partition coefficient (Wildman–Crippen LogP) is 3.88. The summed E-state index contributed by atoms with van der Waals surface area (Å²) in [6.45, 7) is 3.96. The third-order valence-corrected chi connectivity index (χ3v) is 5.50. The van der Waals surface area contributed by atoms with Crippen LogP contribution in [-0.2, 0) is 11.8 Å². The van der Waals surface area contributed by atoms with Gasteiger partial charge in [-0.25, -0.2) is 0 Å². The molecule has 0 saturated carbocycles. The van der Waals surface area contributed by atoms with Crippen molar-refractivity contribution >= 4 is 23.4 Å². The molecule has 2 aromatic heterocycles. The van der Waals surface area contributed by atoms with Crippen LogP contribution in [0.25, 0.3) is 23.1 Å². The Morgan fingerprint density at radius 1 is 1.13 bits per heavy atom. The fraction of sp³-hybridized carbons (Fsp3) is 0.190. The number of aryl methyl sites for hydroxylation is 2. The summed E-state index contributed by atoms with van der Waals surface area (Å²) in [5.41, 5.74) is 3.78. The van der Waals surface area contributed by atoms with Crippen LogP contribution in [0.2, 0.25) is 0 Å². The van der Waals surface area contributed by atoms with Crippen molar-refractivity contribution in [3.8, 4) is 23.1 Å². The van der Waals surface area contributed by atoms with Crippen molar-refractivity contribution in [3.05, 3.63) is 59.7 Å². The van der Waals surface area contributed by atoms with Crippen LogP contribution in [0, 0.1) is 13.8 Å². The standard InChI is InChI=1S/C21H20N6O2S/c1-13-9-10-14(2)16(11-13)22-17(28)12-30-21-25-24-19(27(21)3)20-23-18(26-29-20)15-7-5-4-6-8-15/h4-11H,12H2,1-3H3,(H,22,28). The van der Waals surface area contributed by atoms with E-state index >= 15 is 0 Å². The molecule has 4 aromatic rings. The fourth-order valence-corrected chi connectivity index (χ4v) is 3.54. The zero-order valence-corrected chi connectivity index (χ0v) is 17.6. The lowest BCUT2D eigenvalue weighted by Gasteiger charge is -2.09. The van der Waals surface area contributed by atoms with Gasteiger partial charge in [0.15, 0.2) is 5.16 Å². The maximum atomic E-state index is 12.4. The number of nitrogens with zero attached hydrogens (tertiary/aromatic N) is 5. The first-order valence-corrected chi connectivity index (χ1v) is 10.3. The largest absolute Gasteiger partial charge is 0.330 e. The van der Waals surface area contributed by atoms with E-state index in [1.807, 2.05) is 62.4 Å². The molecule has 152 valence electrons. The van der Waals surface area contributed by atoms with Gasteiger partial charge in [-0.05, 0) is 31.0 Å². The van der Waals surface area contributed by atoms with Crippen molar-refractivity contribution < 1.29 is 9.32 Å². The molecule has 1 N–H and O–H groups in total. The molecule has 0 atom stereocenters. The smallest absolute Gasteiger partial charge is 0.296 e. The van der Waals surface area contributed by atoms with Crippen molar-refractivity contribution in [2.75, 3.05) is 11.1 Å². The zero-order chi connectivity index (χ0) is 21.1. The SMILES string of the molecule is Cc1ccc(C)c(NC(=O)CSc2nnc(-c3nc(-c4ccccc4)no3)n2C)c1. The average Bonchev–Trinajstić information content (AvgIpc) is 3.37. The highest BCUT2D eigenvalue weighted by molar-refractivity contribution is 7.99. The number of benzene rings is 2. The van der Waals surface area contributed by atoms with E-state index in [1.54, 1.807) is 11.6 Å². The first-order valence-electron chi connectivity index (χ1n) is 9.30. The van der Waals surface area contributed by atoms with E-state index in [-0.39, 0.29) is 17.6 Å². The molecule has 0 fully saturated rings. The Morgan fingerprint density at radius 3 is 2.73 bits per heavy atom. The second kappa shape index (κ2) is 8.50. The van der Waals surface area contributed by atoms with Crippen LogP contribution in [0.4, 0.5) is 5.69 Å². The third kappa shape index (κ3) is 4.25. The first-order chi connectivity index (χ1) is 14.5. The molecular formula is C21H20N6O2S. The fourth-order valence-electron chi connectivity index (χ4n) is 2.83. The minimum absolute atomic E-state index is 0.109. The highest BCUT2D eigenvalue weighted by Gasteiger charge is 2.19. The summed E-state index contributed by atoms with van der Waals surface area (Å²) in [6.07, 6.45) is 0. The second-order valence-electron chi connectivity index (χ2n) is 6.81. The average molecular weight is 420 g/mol. The third-order valence-electron chi connectivity index (χ3n) is 4.48. The second-order valence-corrected chi connectivity index (χ2v) is 7.75. The number of hydrogen-bond acceptors (Lipinski definition) is 7. The van der Waals surface area contributed by atoms with Gasteiger partial charge < -0.3 is 14.4 Å². The number of aromatic nitrogens is 5. The minimum Gasteiger partial charge on any atom is -0.330 e. The van der Waals surface area contributed by atoms with Crippen molar-refractivity contribution in [2.45, 2.75) is 19.0 Å². The van der Waals surface area contributed by atoms with Crippen LogP contribution in [0.15, 0.2) is 58.2 Å². The number of rotatable bonds is 6. The topological polar surface area (TPSA) is 98.7 Å². The lowest BCUT2D eigenvalue weighted by Crippen LogP contribution is -2.15. The van der Waals surface area contributed by atoms with Crippen molar-refractivity contribution in [3.63, 3.8) is 0 Å². The first kappa shape index (κ1) is 19.8. The maximum Gasteiger partial charge on any atom is 0.296 e. The molecule has 30 heavy (non-hydrogen) atoms. The lowest BCUT2D eigenvalue weighted by atomic mass is 10.1. The van der Waals surface area contributed by atoms with Gasteiger partial charge in [-0.3, -0.25) is 4.79 Å². The van der Waals surface area contributed by atoms with Gasteiger partial charge in [0.25, 0.3) is 5.89 Å². The van der Waals surface area contributed by atoms with Gasteiger partial charge in [-0.15, -0.1) is 10.2 Å². The van der Waals surface area contributed by atoms with Gasteiger partial charge >= 0.3 is 0 Å². The molecule has 0 aliphatic carbocycles.